The van der Waals surface area contributed by atoms with Crippen LogP contribution in [0, 0.1) is 5.82 Å². The van der Waals surface area contributed by atoms with Crippen molar-refractivity contribution in [1.29, 1.82) is 0 Å². The summed E-state index contributed by atoms with van der Waals surface area (Å²) in [5.74, 6) is 0.183. The quantitative estimate of drug-likeness (QED) is 0.894. The molecule has 0 atom stereocenters. The Morgan fingerprint density at radius 3 is 2.81 bits per heavy atom. The van der Waals surface area contributed by atoms with E-state index in [1.807, 2.05) is 24.3 Å². The fourth-order valence-corrected chi connectivity index (χ4v) is 2.27. The van der Waals surface area contributed by atoms with Crippen LogP contribution in [-0.4, -0.2) is 19.6 Å². The third-order valence-electron chi connectivity index (χ3n) is 3.02. The molecule has 2 aromatic rings. The largest absolute Gasteiger partial charge is 0.497 e. The molecule has 0 heterocycles. The molecule has 0 aliphatic rings. The van der Waals surface area contributed by atoms with Crippen molar-refractivity contribution in [2.45, 2.75) is 6.42 Å². The van der Waals surface area contributed by atoms with Crippen LogP contribution in [0.25, 0.3) is 0 Å². The number of nitrogens with one attached hydrogen (secondary N) is 1. The maximum Gasteiger partial charge on any atom is 0.251 e. The third kappa shape index (κ3) is 4.29. The number of methoxy groups -OCH3 is 1. The van der Waals surface area contributed by atoms with E-state index in [0.29, 0.717) is 18.5 Å². The van der Waals surface area contributed by atoms with Gasteiger partial charge in [-0.05, 0) is 58.2 Å². The van der Waals surface area contributed by atoms with Gasteiger partial charge < -0.3 is 10.1 Å². The summed E-state index contributed by atoms with van der Waals surface area (Å²) in [6.45, 7) is 0.501. The Labute approximate surface area is 131 Å². The zero-order chi connectivity index (χ0) is 15.2. The van der Waals surface area contributed by atoms with Gasteiger partial charge in [0.15, 0.2) is 0 Å². The maximum atomic E-state index is 13.1. The van der Waals surface area contributed by atoms with Gasteiger partial charge in [0.2, 0.25) is 0 Å². The van der Waals surface area contributed by atoms with Gasteiger partial charge in [-0.2, -0.15) is 0 Å². The first-order valence-electron chi connectivity index (χ1n) is 6.46. The van der Waals surface area contributed by atoms with Crippen molar-refractivity contribution >= 4 is 21.8 Å². The smallest absolute Gasteiger partial charge is 0.251 e. The van der Waals surface area contributed by atoms with Crippen molar-refractivity contribution in [3.05, 3.63) is 63.9 Å². The summed E-state index contributed by atoms with van der Waals surface area (Å²) in [5, 5.41) is 2.81. The second kappa shape index (κ2) is 7.22. The molecule has 110 valence electrons. The van der Waals surface area contributed by atoms with Gasteiger partial charge in [0.1, 0.15) is 11.6 Å². The molecule has 0 fully saturated rings. The van der Waals surface area contributed by atoms with E-state index in [-0.39, 0.29) is 16.2 Å². The van der Waals surface area contributed by atoms with E-state index in [0.717, 1.165) is 11.3 Å². The molecule has 0 aliphatic heterocycles. The van der Waals surface area contributed by atoms with Crippen LogP contribution in [0.1, 0.15) is 15.9 Å². The first kappa shape index (κ1) is 15.5. The molecule has 0 radical (unpaired) electrons. The van der Waals surface area contributed by atoms with E-state index >= 15 is 0 Å². The summed E-state index contributed by atoms with van der Waals surface area (Å²) < 4.78 is 18.5. The molecule has 0 saturated heterocycles. The average molecular weight is 352 g/mol. The number of carbonyl (C=O) groups excluding carboxylic acids is 1. The van der Waals surface area contributed by atoms with E-state index in [4.69, 9.17) is 4.74 Å². The highest BCUT2D eigenvalue weighted by molar-refractivity contribution is 9.10. The van der Waals surface area contributed by atoms with Crippen molar-refractivity contribution < 1.29 is 13.9 Å². The summed E-state index contributed by atoms with van der Waals surface area (Å²) in [6.07, 6.45) is 0.700. The molecule has 3 nitrogen and oxygen atoms in total. The topological polar surface area (TPSA) is 38.3 Å². The molecule has 0 unspecified atom stereocenters. The molecule has 0 bridgehead atoms. The molecule has 1 amide bonds. The van der Waals surface area contributed by atoms with Crippen LogP contribution in [0.15, 0.2) is 46.9 Å². The summed E-state index contributed by atoms with van der Waals surface area (Å²) in [5.41, 5.74) is 1.50. The van der Waals surface area contributed by atoms with Gasteiger partial charge in [-0.1, -0.05) is 12.1 Å². The van der Waals surface area contributed by atoms with Crippen LogP contribution in [0.4, 0.5) is 4.39 Å². The van der Waals surface area contributed by atoms with Crippen LogP contribution in [0.3, 0.4) is 0 Å². The number of hydrogen-bond acceptors (Lipinski definition) is 2. The highest BCUT2D eigenvalue weighted by Gasteiger charge is 2.08. The zero-order valence-electron chi connectivity index (χ0n) is 11.5. The lowest BCUT2D eigenvalue weighted by Gasteiger charge is -2.07. The van der Waals surface area contributed by atoms with Crippen LogP contribution in [0.5, 0.6) is 5.75 Å². The number of ether oxygens (including phenoxy) is 1. The van der Waals surface area contributed by atoms with Crippen molar-refractivity contribution in [2.24, 2.45) is 0 Å². The fourth-order valence-electron chi connectivity index (χ4n) is 1.89. The highest BCUT2D eigenvalue weighted by Crippen LogP contribution is 2.17. The van der Waals surface area contributed by atoms with Crippen molar-refractivity contribution in [1.82, 2.24) is 5.32 Å². The maximum absolute atomic E-state index is 13.1. The van der Waals surface area contributed by atoms with Gasteiger partial charge in [0, 0.05) is 12.1 Å². The molecule has 1 N–H and O–H groups in total. The monoisotopic (exact) mass is 351 g/mol. The molecule has 2 rings (SSSR count). The molecule has 0 aromatic heterocycles. The van der Waals surface area contributed by atoms with Crippen molar-refractivity contribution in [2.75, 3.05) is 13.7 Å². The number of hydrogen-bond donors (Lipinski definition) is 1. The van der Waals surface area contributed by atoms with Crippen LogP contribution < -0.4 is 10.1 Å². The van der Waals surface area contributed by atoms with Gasteiger partial charge in [-0.15, -0.1) is 0 Å². The summed E-state index contributed by atoms with van der Waals surface area (Å²) in [4.78, 5) is 11.9. The Morgan fingerprint density at radius 2 is 2.10 bits per heavy atom. The normalized spacial score (nSPS) is 10.2. The lowest BCUT2D eigenvalue weighted by atomic mass is 10.1. The van der Waals surface area contributed by atoms with E-state index in [9.17, 15) is 9.18 Å². The van der Waals surface area contributed by atoms with Gasteiger partial charge in [0.25, 0.3) is 5.91 Å². The number of halogens is 2. The van der Waals surface area contributed by atoms with Gasteiger partial charge >= 0.3 is 0 Å². The second-order valence-corrected chi connectivity index (χ2v) is 5.34. The number of benzene rings is 2. The lowest BCUT2D eigenvalue weighted by Crippen LogP contribution is -2.25. The second-order valence-electron chi connectivity index (χ2n) is 4.49. The molecule has 0 aliphatic carbocycles. The SMILES string of the molecule is COc1cccc(CCNC(=O)c2ccc(F)c(Br)c2)c1. The predicted octanol–water partition coefficient (Wildman–Crippen LogP) is 3.57. The zero-order valence-corrected chi connectivity index (χ0v) is 13.1. The Hall–Kier alpha value is -1.88. The van der Waals surface area contributed by atoms with Crippen molar-refractivity contribution in [3.63, 3.8) is 0 Å². The standard InChI is InChI=1S/C16H15BrFNO2/c1-21-13-4-2-3-11(9-13)7-8-19-16(20)12-5-6-15(18)14(17)10-12/h2-6,9-10H,7-8H2,1H3,(H,19,20). The molecule has 21 heavy (non-hydrogen) atoms. The van der Waals surface area contributed by atoms with Crippen LogP contribution in [-0.2, 0) is 6.42 Å². The minimum Gasteiger partial charge on any atom is -0.497 e. The van der Waals surface area contributed by atoms with E-state index in [1.165, 1.54) is 18.2 Å². The molecule has 0 spiro atoms. The predicted molar refractivity (Wildman–Crippen MR) is 83.1 cm³/mol. The van der Waals surface area contributed by atoms with Crippen LogP contribution >= 0.6 is 15.9 Å². The van der Waals surface area contributed by atoms with E-state index < -0.39 is 0 Å². The molecule has 0 saturated carbocycles. The Balaban J connectivity index is 1.90. The number of carbonyl (C=O) groups is 1. The Morgan fingerprint density at radius 1 is 1.29 bits per heavy atom. The van der Waals surface area contributed by atoms with E-state index in [2.05, 4.69) is 21.2 Å². The molecule has 2 aromatic carbocycles. The van der Waals surface area contributed by atoms with Gasteiger partial charge in [-0.3, -0.25) is 4.79 Å². The Kier molecular flexibility index (Phi) is 5.33. The molecular weight excluding hydrogens is 337 g/mol. The first-order chi connectivity index (χ1) is 10.1. The molecule has 5 heteroatoms. The lowest BCUT2D eigenvalue weighted by molar-refractivity contribution is 0.0954. The summed E-state index contributed by atoms with van der Waals surface area (Å²) in [7, 11) is 1.62. The average Bonchev–Trinajstić information content (AvgIpc) is 2.50. The fraction of sp³-hybridized carbons (Fsp3) is 0.188. The number of amides is 1. The van der Waals surface area contributed by atoms with Crippen molar-refractivity contribution in [3.8, 4) is 5.75 Å². The molecular formula is C16H15BrFNO2. The summed E-state index contributed by atoms with van der Waals surface area (Å²) in [6, 6.07) is 11.9. The Bertz CT molecular complexity index is 646. The van der Waals surface area contributed by atoms with Gasteiger partial charge in [-0.25, -0.2) is 4.39 Å². The van der Waals surface area contributed by atoms with E-state index in [1.54, 1.807) is 7.11 Å². The highest BCUT2D eigenvalue weighted by atomic mass is 79.9. The number of rotatable bonds is 5. The summed E-state index contributed by atoms with van der Waals surface area (Å²) >= 11 is 3.07. The van der Waals surface area contributed by atoms with Gasteiger partial charge in [0.05, 0.1) is 11.6 Å². The third-order valence-corrected chi connectivity index (χ3v) is 3.62. The minimum absolute atomic E-state index is 0.224. The first-order valence-corrected chi connectivity index (χ1v) is 7.25. The van der Waals surface area contributed by atoms with Crippen LogP contribution in [0.2, 0.25) is 0 Å². The minimum atomic E-state index is -0.386.